The molecule has 1 aliphatic rings. The Labute approximate surface area is 155 Å². The van der Waals surface area contributed by atoms with E-state index in [9.17, 15) is 4.79 Å². The predicted octanol–water partition coefficient (Wildman–Crippen LogP) is 2.65. The van der Waals surface area contributed by atoms with E-state index < -0.39 is 11.6 Å². The number of carbonyl (C=O) groups is 1. The number of piperazine rings is 1. The van der Waals surface area contributed by atoms with Crippen molar-refractivity contribution in [3.8, 4) is 5.75 Å². The Bertz CT molecular complexity index is 760. The minimum absolute atomic E-state index is 0.161. The van der Waals surface area contributed by atoms with Crippen LogP contribution < -0.4 is 15.8 Å². The largest absolute Gasteiger partial charge is 0.489 e. The van der Waals surface area contributed by atoms with Crippen LogP contribution in [-0.4, -0.2) is 42.2 Å². The zero-order valence-corrected chi connectivity index (χ0v) is 14.9. The Morgan fingerprint density at radius 2 is 2.24 bits per heavy atom. The molecule has 2 heterocycles. The third kappa shape index (κ3) is 3.66. The number of amides is 2. The quantitative estimate of drug-likeness (QED) is 0.854. The molecule has 1 unspecified atom stereocenters. The average molecular weight is 381 g/mol. The van der Waals surface area contributed by atoms with Crippen LogP contribution in [0, 0.1) is 0 Å². The van der Waals surface area contributed by atoms with Gasteiger partial charge >= 0.3 is 6.03 Å². The number of nitrogens with zero attached hydrogens (tertiary/aromatic N) is 2. The molecule has 1 saturated heterocycles. The zero-order chi connectivity index (χ0) is 17.9. The first-order valence-corrected chi connectivity index (χ1v) is 8.55. The van der Waals surface area contributed by atoms with Crippen molar-refractivity contribution in [2.75, 3.05) is 26.2 Å². The fourth-order valence-electron chi connectivity index (χ4n) is 3.05. The van der Waals surface area contributed by atoms with Crippen LogP contribution in [0.15, 0.2) is 42.7 Å². The average Bonchev–Trinajstić information content (AvgIpc) is 2.63. The highest BCUT2D eigenvalue weighted by Gasteiger charge is 2.45. The van der Waals surface area contributed by atoms with Crippen molar-refractivity contribution in [3.05, 3.63) is 58.3 Å². The minimum Gasteiger partial charge on any atom is -0.489 e. The summed E-state index contributed by atoms with van der Waals surface area (Å²) in [5.74, 6) is 0.593. The highest BCUT2D eigenvalue weighted by atomic mass is 35.5. The molecule has 3 N–H and O–H groups in total. The molecule has 132 valence electrons. The van der Waals surface area contributed by atoms with Gasteiger partial charge in [-0.1, -0.05) is 23.2 Å². The van der Waals surface area contributed by atoms with Gasteiger partial charge in [-0.05, 0) is 30.3 Å². The molecule has 1 aliphatic heterocycles. The maximum Gasteiger partial charge on any atom is 0.315 e. The van der Waals surface area contributed by atoms with Gasteiger partial charge in [0.1, 0.15) is 17.9 Å². The molecule has 25 heavy (non-hydrogen) atoms. The second-order valence-corrected chi connectivity index (χ2v) is 6.64. The Hall–Kier alpha value is -2.02. The Morgan fingerprint density at radius 3 is 2.96 bits per heavy atom. The van der Waals surface area contributed by atoms with Crippen LogP contribution in [0.3, 0.4) is 0 Å². The summed E-state index contributed by atoms with van der Waals surface area (Å²) in [5, 5.41) is 4.31. The van der Waals surface area contributed by atoms with Gasteiger partial charge in [0.15, 0.2) is 0 Å². The summed E-state index contributed by atoms with van der Waals surface area (Å²) < 4.78 is 5.92. The van der Waals surface area contributed by atoms with E-state index in [1.807, 2.05) is 0 Å². The molecule has 0 radical (unpaired) electrons. The van der Waals surface area contributed by atoms with Gasteiger partial charge in [-0.25, -0.2) is 4.79 Å². The van der Waals surface area contributed by atoms with Crippen molar-refractivity contribution in [2.24, 2.45) is 5.73 Å². The molecule has 0 spiro atoms. The van der Waals surface area contributed by atoms with Crippen molar-refractivity contribution in [3.63, 3.8) is 0 Å². The van der Waals surface area contributed by atoms with Crippen LogP contribution in [0.2, 0.25) is 10.0 Å². The Balaban J connectivity index is 2.03. The number of carbonyl (C=O) groups excluding carboxylic acids is 1. The van der Waals surface area contributed by atoms with Crippen molar-refractivity contribution < 1.29 is 9.53 Å². The number of hydrogen-bond acceptors (Lipinski definition) is 4. The van der Waals surface area contributed by atoms with Gasteiger partial charge in [0.2, 0.25) is 0 Å². The highest BCUT2D eigenvalue weighted by Crippen LogP contribution is 2.37. The summed E-state index contributed by atoms with van der Waals surface area (Å²) in [6, 6.07) is 8.20. The van der Waals surface area contributed by atoms with E-state index in [4.69, 9.17) is 33.7 Å². The van der Waals surface area contributed by atoms with Gasteiger partial charge in [0.05, 0.1) is 6.20 Å². The molecular weight excluding hydrogens is 363 g/mol. The molecule has 6 nitrogen and oxygen atoms in total. The van der Waals surface area contributed by atoms with Crippen LogP contribution in [0.25, 0.3) is 0 Å². The van der Waals surface area contributed by atoms with Gasteiger partial charge < -0.3 is 20.7 Å². The van der Waals surface area contributed by atoms with E-state index in [2.05, 4.69) is 10.3 Å². The van der Waals surface area contributed by atoms with E-state index in [-0.39, 0.29) is 6.61 Å². The third-order valence-corrected chi connectivity index (χ3v) is 4.82. The van der Waals surface area contributed by atoms with E-state index in [0.29, 0.717) is 41.0 Å². The number of urea groups is 1. The maximum absolute atomic E-state index is 12.1. The fraction of sp³-hybridized carbons (Fsp3) is 0.294. The van der Waals surface area contributed by atoms with Gasteiger partial charge in [0, 0.05) is 41.4 Å². The summed E-state index contributed by atoms with van der Waals surface area (Å²) in [6.45, 7) is 1.68. The van der Waals surface area contributed by atoms with Gasteiger partial charge in [-0.3, -0.25) is 4.98 Å². The fourth-order valence-corrected chi connectivity index (χ4v) is 3.52. The number of halogens is 2. The van der Waals surface area contributed by atoms with Crippen LogP contribution in [0.4, 0.5) is 4.79 Å². The number of primary amides is 1. The molecule has 1 fully saturated rings. The molecule has 3 rings (SSSR count). The summed E-state index contributed by atoms with van der Waals surface area (Å²) in [7, 11) is 0. The summed E-state index contributed by atoms with van der Waals surface area (Å²) in [6.07, 6.45) is 3.27. The first-order valence-electron chi connectivity index (χ1n) is 7.79. The second-order valence-electron chi connectivity index (χ2n) is 5.80. The molecule has 0 bridgehead atoms. The van der Waals surface area contributed by atoms with Crippen LogP contribution in [-0.2, 0) is 5.54 Å². The molecule has 2 amide bonds. The van der Waals surface area contributed by atoms with Gasteiger partial charge in [0.25, 0.3) is 0 Å². The first-order chi connectivity index (χ1) is 12.0. The lowest BCUT2D eigenvalue weighted by Gasteiger charge is -2.46. The lowest BCUT2D eigenvalue weighted by molar-refractivity contribution is 0.0469. The molecule has 2 aromatic rings. The van der Waals surface area contributed by atoms with Crippen LogP contribution in [0.1, 0.15) is 5.56 Å². The van der Waals surface area contributed by atoms with Crippen molar-refractivity contribution in [2.45, 2.75) is 5.54 Å². The smallest absolute Gasteiger partial charge is 0.315 e. The highest BCUT2D eigenvalue weighted by molar-refractivity contribution is 6.33. The molecule has 8 heteroatoms. The summed E-state index contributed by atoms with van der Waals surface area (Å²) >= 11 is 12.6. The lowest BCUT2D eigenvalue weighted by Crippen LogP contribution is -2.64. The van der Waals surface area contributed by atoms with Crippen molar-refractivity contribution in [1.82, 2.24) is 15.2 Å². The molecule has 0 saturated carbocycles. The molecule has 0 aliphatic carbocycles. The normalized spacial score (nSPS) is 20.3. The Morgan fingerprint density at radius 1 is 1.40 bits per heavy atom. The van der Waals surface area contributed by atoms with Gasteiger partial charge in [-0.15, -0.1) is 0 Å². The van der Waals surface area contributed by atoms with E-state index >= 15 is 0 Å². The summed E-state index contributed by atoms with van der Waals surface area (Å²) in [5.41, 5.74) is 5.47. The first kappa shape index (κ1) is 17.8. The molecular formula is C17H18Cl2N4O2. The number of aromatic nitrogens is 1. The van der Waals surface area contributed by atoms with Crippen LogP contribution >= 0.6 is 23.2 Å². The SMILES string of the molecule is NC(=O)N1CCNCC1(COc1cccnc1)c1cc(Cl)ccc1Cl. The number of rotatable bonds is 4. The lowest BCUT2D eigenvalue weighted by atomic mass is 9.86. The van der Waals surface area contributed by atoms with E-state index in [1.54, 1.807) is 47.6 Å². The van der Waals surface area contributed by atoms with Crippen molar-refractivity contribution >= 4 is 29.2 Å². The monoisotopic (exact) mass is 380 g/mol. The molecule has 1 aromatic carbocycles. The van der Waals surface area contributed by atoms with E-state index in [0.717, 1.165) is 0 Å². The number of pyridine rings is 1. The van der Waals surface area contributed by atoms with Crippen LogP contribution in [0.5, 0.6) is 5.75 Å². The maximum atomic E-state index is 12.1. The molecule has 1 aromatic heterocycles. The number of benzene rings is 1. The Kier molecular flexibility index (Phi) is 5.32. The zero-order valence-electron chi connectivity index (χ0n) is 13.4. The van der Waals surface area contributed by atoms with Crippen molar-refractivity contribution in [1.29, 1.82) is 0 Å². The van der Waals surface area contributed by atoms with E-state index in [1.165, 1.54) is 0 Å². The summed E-state index contributed by atoms with van der Waals surface area (Å²) in [4.78, 5) is 17.7. The second kappa shape index (κ2) is 7.47. The standard InChI is InChI=1S/C17H18Cl2N4O2/c18-12-3-4-15(19)14(8-12)17(10-22-6-7-23(17)16(20)24)11-25-13-2-1-5-21-9-13/h1-5,8-9,22H,6-7,10-11H2,(H2,20,24). The predicted molar refractivity (Wildman–Crippen MR) is 97.0 cm³/mol. The number of nitrogens with two attached hydrogens (primary N) is 1. The molecule has 1 atom stereocenters. The number of nitrogens with one attached hydrogen (secondary N) is 1. The number of ether oxygens (including phenoxy) is 1. The van der Waals surface area contributed by atoms with Gasteiger partial charge in [-0.2, -0.15) is 0 Å². The topological polar surface area (TPSA) is 80.5 Å². The third-order valence-electron chi connectivity index (χ3n) is 4.25. The minimum atomic E-state index is -0.873. The number of hydrogen-bond donors (Lipinski definition) is 2.